The van der Waals surface area contributed by atoms with Crippen molar-refractivity contribution in [1.82, 2.24) is 0 Å². The average Bonchev–Trinajstić information content (AvgIpc) is 2.72. The Morgan fingerprint density at radius 1 is 0.839 bits per heavy atom. The summed E-state index contributed by atoms with van der Waals surface area (Å²) in [4.78, 5) is 26.4. The van der Waals surface area contributed by atoms with Crippen LogP contribution in [-0.2, 0) is 14.3 Å². The standard InChI is InChI=1S/C24H30Cl2N2O3/c1-5-31-24(30)22(28-20-12-8-18(26)9-13-20)21(23(29)16(4)14-15(2)3)27-19-10-6-17(25)7-11-19/h6-13,15-16,21-22,27-28H,5,14H2,1-4H3. The maximum atomic E-state index is 13.5. The van der Waals surface area contributed by atoms with Gasteiger partial charge in [-0.2, -0.15) is 0 Å². The molecule has 0 radical (unpaired) electrons. The van der Waals surface area contributed by atoms with Crippen LogP contribution in [0.15, 0.2) is 48.5 Å². The largest absolute Gasteiger partial charge is 0.464 e. The van der Waals surface area contributed by atoms with Gasteiger partial charge in [0.2, 0.25) is 0 Å². The summed E-state index contributed by atoms with van der Waals surface area (Å²) in [6, 6.07) is 12.2. The molecule has 3 unspecified atom stereocenters. The Balaban J connectivity index is 2.41. The van der Waals surface area contributed by atoms with Crippen LogP contribution in [0.25, 0.3) is 0 Å². The predicted molar refractivity (Wildman–Crippen MR) is 128 cm³/mol. The third kappa shape index (κ3) is 7.75. The molecule has 3 atom stereocenters. The van der Waals surface area contributed by atoms with Gasteiger partial charge in [0.25, 0.3) is 0 Å². The lowest BCUT2D eigenvalue weighted by molar-refractivity contribution is -0.146. The quantitative estimate of drug-likeness (QED) is 0.395. The molecule has 0 spiro atoms. The molecule has 2 rings (SSSR count). The Labute approximate surface area is 194 Å². The number of ether oxygens (including phenoxy) is 1. The van der Waals surface area contributed by atoms with E-state index < -0.39 is 18.1 Å². The highest BCUT2D eigenvalue weighted by Crippen LogP contribution is 2.23. The molecular formula is C24H30Cl2N2O3. The number of nitrogens with one attached hydrogen (secondary N) is 2. The summed E-state index contributed by atoms with van der Waals surface area (Å²) in [5, 5.41) is 7.57. The summed E-state index contributed by atoms with van der Waals surface area (Å²) >= 11 is 12.0. The summed E-state index contributed by atoms with van der Waals surface area (Å²) in [6.07, 6.45) is 0.716. The van der Waals surface area contributed by atoms with Gasteiger partial charge in [0, 0.05) is 27.3 Å². The lowest BCUT2D eigenvalue weighted by Gasteiger charge is -2.30. The van der Waals surface area contributed by atoms with Crippen molar-refractivity contribution in [1.29, 1.82) is 0 Å². The number of esters is 1. The fourth-order valence-corrected chi connectivity index (χ4v) is 3.66. The molecule has 0 aliphatic carbocycles. The molecule has 0 fully saturated rings. The van der Waals surface area contributed by atoms with E-state index in [2.05, 4.69) is 24.5 Å². The van der Waals surface area contributed by atoms with Gasteiger partial charge in [-0.05, 0) is 67.8 Å². The molecule has 0 aromatic heterocycles. The van der Waals surface area contributed by atoms with Gasteiger partial charge < -0.3 is 15.4 Å². The molecule has 0 aliphatic rings. The third-order valence-corrected chi connectivity index (χ3v) is 5.33. The molecule has 2 aromatic rings. The first-order valence-electron chi connectivity index (χ1n) is 10.5. The number of hydrogen-bond acceptors (Lipinski definition) is 5. The van der Waals surface area contributed by atoms with Crippen LogP contribution >= 0.6 is 23.2 Å². The first kappa shape index (κ1) is 25.0. The zero-order chi connectivity index (χ0) is 23.0. The van der Waals surface area contributed by atoms with Crippen molar-refractivity contribution in [2.45, 2.75) is 46.2 Å². The van der Waals surface area contributed by atoms with E-state index in [9.17, 15) is 9.59 Å². The molecule has 0 saturated carbocycles. The van der Waals surface area contributed by atoms with Crippen molar-refractivity contribution in [2.24, 2.45) is 11.8 Å². The highest BCUT2D eigenvalue weighted by Gasteiger charge is 2.37. The second-order valence-electron chi connectivity index (χ2n) is 7.94. The number of hydrogen-bond donors (Lipinski definition) is 2. The summed E-state index contributed by atoms with van der Waals surface area (Å²) in [6.45, 7) is 7.98. The summed E-state index contributed by atoms with van der Waals surface area (Å²) < 4.78 is 5.31. The minimum atomic E-state index is -0.932. The van der Waals surface area contributed by atoms with Crippen LogP contribution in [0.3, 0.4) is 0 Å². The highest BCUT2D eigenvalue weighted by atomic mass is 35.5. The SMILES string of the molecule is CCOC(=O)C(Nc1ccc(Cl)cc1)C(Nc1ccc(Cl)cc1)C(=O)C(C)CC(C)C. The molecular weight excluding hydrogens is 435 g/mol. The second-order valence-corrected chi connectivity index (χ2v) is 8.82. The van der Waals surface area contributed by atoms with Gasteiger partial charge in [-0.25, -0.2) is 4.79 Å². The first-order valence-corrected chi connectivity index (χ1v) is 11.2. The molecule has 0 bridgehead atoms. The van der Waals surface area contributed by atoms with Crippen molar-refractivity contribution < 1.29 is 14.3 Å². The van der Waals surface area contributed by atoms with Crippen LogP contribution in [0.1, 0.15) is 34.1 Å². The molecule has 0 saturated heterocycles. The summed E-state index contributed by atoms with van der Waals surface area (Å²) in [5.41, 5.74) is 1.35. The van der Waals surface area contributed by atoms with Crippen molar-refractivity contribution in [2.75, 3.05) is 17.2 Å². The Morgan fingerprint density at radius 2 is 1.29 bits per heavy atom. The molecule has 168 valence electrons. The number of carbonyl (C=O) groups excluding carboxylic acids is 2. The fourth-order valence-electron chi connectivity index (χ4n) is 3.41. The van der Waals surface area contributed by atoms with Crippen LogP contribution in [0.4, 0.5) is 11.4 Å². The maximum absolute atomic E-state index is 13.5. The average molecular weight is 465 g/mol. The minimum absolute atomic E-state index is 0.0665. The molecule has 5 nitrogen and oxygen atoms in total. The summed E-state index contributed by atoms with van der Waals surface area (Å²) in [7, 11) is 0. The molecule has 0 amide bonds. The van der Waals surface area contributed by atoms with E-state index >= 15 is 0 Å². The molecule has 31 heavy (non-hydrogen) atoms. The van der Waals surface area contributed by atoms with Crippen LogP contribution in [0.2, 0.25) is 10.0 Å². The van der Waals surface area contributed by atoms with Gasteiger partial charge in [0.05, 0.1) is 6.61 Å². The fraction of sp³-hybridized carbons (Fsp3) is 0.417. The lowest BCUT2D eigenvalue weighted by Crippen LogP contribution is -2.52. The van der Waals surface area contributed by atoms with Crippen molar-refractivity contribution in [3.05, 3.63) is 58.6 Å². The monoisotopic (exact) mass is 464 g/mol. The number of anilines is 2. The van der Waals surface area contributed by atoms with Crippen molar-refractivity contribution >= 4 is 46.3 Å². The van der Waals surface area contributed by atoms with E-state index in [1.165, 1.54) is 0 Å². The number of carbonyl (C=O) groups is 2. The van der Waals surface area contributed by atoms with E-state index in [0.717, 1.165) is 0 Å². The molecule has 7 heteroatoms. The first-order chi connectivity index (χ1) is 14.7. The van der Waals surface area contributed by atoms with Gasteiger partial charge in [0.15, 0.2) is 11.8 Å². The number of ketones is 1. The smallest absolute Gasteiger partial charge is 0.331 e. The zero-order valence-electron chi connectivity index (χ0n) is 18.3. The number of Topliss-reactive ketones (excluding diaryl/α,β-unsaturated/α-hetero) is 1. The van der Waals surface area contributed by atoms with Crippen molar-refractivity contribution in [3.8, 4) is 0 Å². The van der Waals surface area contributed by atoms with Gasteiger partial charge in [0.1, 0.15) is 6.04 Å². The van der Waals surface area contributed by atoms with E-state index in [0.29, 0.717) is 33.8 Å². The number of rotatable bonds is 11. The molecule has 2 aromatic carbocycles. The maximum Gasteiger partial charge on any atom is 0.331 e. The van der Waals surface area contributed by atoms with Gasteiger partial charge >= 0.3 is 5.97 Å². The Morgan fingerprint density at radius 3 is 1.71 bits per heavy atom. The van der Waals surface area contributed by atoms with Gasteiger partial charge in [-0.1, -0.05) is 44.0 Å². The zero-order valence-corrected chi connectivity index (χ0v) is 19.8. The summed E-state index contributed by atoms with van der Waals surface area (Å²) in [5.74, 6) is -0.466. The Kier molecular flexibility index (Phi) is 9.66. The normalized spacial score (nSPS) is 13.9. The number of halogens is 2. The molecule has 0 heterocycles. The van der Waals surface area contributed by atoms with E-state index in [1.807, 2.05) is 6.92 Å². The van der Waals surface area contributed by atoms with E-state index in [4.69, 9.17) is 27.9 Å². The van der Waals surface area contributed by atoms with Gasteiger partial charge in [-0.15, -0.1) is 0 Å². The Bertz CT molecular complexity index is 854. The predicted octanol–water partition coefficient (Wildman–Crippen LogP) is 6.07. The second kappa shape index (κ2) is 12.0. The highest BCUT2D eigenvalue weighted by molar-refractivity contribution is 6.30. The lowest BCUT2D eigenvalue weighted by atomic mass is 9.88. The van der Waals surface area contributed by atoms with Crippen molar-refractivity contribution in [3.63, 3.8) is 0 Å². The molecule has 2 N–H and O–H groups in total. The van der Waals surface area contributed by atoms with Gasteiger partial charge in [-0.3, -0.25) is 4.79 Å². The van der Waals surface area contributed by atoms with Crippen LogP contribution in [0, 0.1) is 11.8 Å². The van der Waals surface area contributed by atoms with Crippen LogP contribution in [-0.4, -0.2) is 30.4 Å². The minimum Gasteiger partial charge on any atom is -0.464 e. The molecule has 0 aliphatic heterocycles. The van der Waals surface area contributed by atoms with Crippen LogP contribution in [0.5, 0.6) is 0 Å². The third-order valence-electron chi connectivity index (χ3n) is 4.82. The topological polar surface area (TPSA) is 67.4 Å². The Hall–Kier alpha value is -2.24. The van der Waals surface area contributed by atoms with E-state index in [1.54, 1.807) is 55.5 Å². The number of benzene rings is 2. The van der Waals surface area contributed by atoms with Crippen LogP contribution < -0.4 is 10.6 Å². The van der Waals surface area contributed by atoms with E-state index in [-0.39, 0.29) is 18.3 Å².